The normalized spacial score (nSPS) is 16.7. The van der Waals surface area contributed by atoms with E-state index >= 15 is 0 Å². The lowest BCUT2D eigenvalue weighted by atomic mass is 10.0. The van der Waals surface area contributed by atoms with Gasteiger partial charge >= 0.3 is 0 Å². The van der Waals surface area contributed by atoms with Crippen molar-refractivity contribution in [3.8, 4) is 11.5 Å². The summed E-state index contributed by atoms with van der Waals surface area (Å²) in [6.07, 6.45) is 5.93. The molecule has 0 spiro atoms. The Kier molecular flexibility index (Phi) is 6.08. The van der Waals surface area contributed by atoms with Crippen LogP contribution in [0.1, 0.15) is 27.5 Å². The Morgan fingerprint density at radius 1 is 1.41 bits per heavy atom. The highest BCUT2D eigenvalue weighted by Gasteiger charge is 2.29. The molecule has 0 aliphatic carbocycles. The summed E-state index contributed by atoms with van der Waals surface area (Å²) in [5, 5.41) is 3.36. The van der Waals surface area contributed by atoms with Crippen LogP contribution in [-0.2, 0) is 6.42 Å². The summed E-state index contributed by atoms with van der Waals surface area (Å²) in [5.41, 5.74) is 2.48. The molecule has 0 bridgehead atoms. The van der Waals surface area contributed by atoms with E-state index in [2.05, 4.69) is 16.9 Å². The molecular weight excluding hydrogens is 342 g/mol. The highest BCUT2D eigenvalue weighted by molar-refractivity contribution is 5.95. The molecule has 2 heterocycles. The van der Waals surface area contributed by atoms with E-state index in [1.165, 1.54) is 0 Å². The number of rotatable bonds is 6. The Bertz CT molecular complexity index is 808. The van der Waals surface area contributed by atoms with Crippen LogP contribution < -0.4 is 14.8 Å². The predicted molar refractivity (Wildman–Crippen MR) is 104 cm³/mol. The summed E-state index contributed by atoms with van der Waals surface area (Å²) < 4.78 is 10.9. The van der Waals surface area contributed by atoms with Crippen LogP contribution >= 0.6 is 0 Å². The topological polar surface area (TPSA) is 63.7 Å². The molecule has 1 saturated heterocycles. The van der Waals surface area contributed by atoms with E-state index in [0.717, 1.165) is 17.7 Å². The molecule has 2 aromatic rings. The summed E-state index contributed by atoms with van der Waals surface area (Å²) in [5.74, 6) is 1.16. The molecule has 6 heteroatoms. The minimum absolute atomic E-state index is 0.0309. The van der Waals surface area contributed by atoms with Crippen LogP contribution in [0.3, 0.4) is 0 Å². The number of allylic oxidation sites excluding steroid dienone is 1. The minimum atomic E-state index is -0.0594. The van der Waals surface area contributed by atoms with Gasteiger partial charge in [0.05, 0.1) is 20.3 Å². The van der Waals surface area contributed by atoms with E-state index in [1.54, 1.807) is 32.6 Å². The fraction of sp³-hybridized carbons (Fsp3) is 0.333. The highest BCUT2D eigenvalue weighted by Crippen LogP contribution is 2.34. The maximum Gasteiger partial charge on any atom is 0.254 e. The van der Waals surface area contributed by atoms with E-state index in [4.69, 9.17) is 9.47 Å². The van der Waals surface area contributed by atoms with Gasteiger partial charge in [-0.15, -0.1) is 6.58 Å². The SMILES string of the molecule is C=CCc1cc(C(=O)N2CCNCC2c2cccnc2)cc(OC)c1OC. The maximum absolute atomic E-state index is 13.4. The molecule has 0 saturated carbocycles. The van der Waals surface area contributed by atoms with Crippen LogP contribution in [0.2, 0.25) is 0 Å². The molecule has 1 aromatic carbocycles. The first-order valence-corrected chi connectivity index (χ1v) is 8.97. The fourth-order valence-corrected chi connectivity index (χ4v) is 3.46. The number of carbonyl (C=O) groups is 1. The summed E-state index contributed by atoms with van der Waals surface area (Å²) in [6, 6.07) is 7.45. The standard InChI is InChI=1S/C21H25N3O3/c1-4-6-15-11-17(12-19(26-2)20(15)27-3)21(25)24-10-9-23-14-18(24)16-7-5-8-22-13-16/h4-5,7-8,11-13,18,23H,1,6,9-10,14H2,2-3H3. The first-order valence-electron chi connectivity index (χ1n) is 8.97. The van der Waals surface area contributed by atoms with Gasteiger partial charge in [-0.05, 0) is 30.2 Å². The number of nitrogens with one attached hydrogen (secondary N) is 1. The number of hydrogen-bond acceptors (Lipinski definition) is 5. The van der Waals surface area contributed by atoms with Crippen molar-refractivity contribution in [3.05, 3.63) is 66.0 Å². The zero-order valence-electron chi connectivity index (χ0n) is 15.8. The highest BCUT2D eigenvalue weighted by atomic mass is 16.5. The van der Waals surface area contributed by atoms with Crippen molar-refractivity contribution in [1.82, 2.24) is 15.2 Å². The smallest absolute Gasteiger partial charge is 0.254 e. The van der Waals surface area contributed by atoms with Gasteiger partial charge in [-0.3, -0.25) is 9.78 Å². The number of ether oxygens (including phenoxy) is 2. The van der Waals surface area contributed by atoms with Gasteiger partial charge in [-0.2, -0.15) is 0 Å². The van der Waals surface area contributed by atoms with Crippen LogP contribution in [0, 0.1) is 0 Å². The lowest BCUT2D eigenvalue weighted by molar-refractivity contribution is 0.0633. The summed E-state index contributed by atoms with van der Waals surface area (Å²) in [6.45, 7) is 5.88. The zero-order valence-corrected chi connectivity index (χ0v) is 15.8. The van der Waals surface area contributed by atoms with E-state index in [9.17, 15) is 4.79 Å². The number of benzene rings is 1. The monoisotopic (exact) mass is 367 g/mol. The van der Waals surface area contributed by atoms with Crippen LogP contribution in [0.4, 0.5) is 0 Å². The summed E-state index contributed by atoms with van der Waals surface area (Å²) >= 11 is 0. The second-order valence-electron chi connectivity index (χ2n) is 6.37. The molecule has 1 amide bonds. The molecule has 1 aliphatic heterocycles. The van der Waals surface area contributed by atoms with Crippen molar-refractivity contribution in [1.29, 1.82) is 0 Å². The molecule has 1 N–H and O–H groups in total. The van der Waals surface area contributed by atoms with Gasteiger partial charge in [-0.1, -0.05) is 12.1 Å². The van der Waals surface area contributed by atoms with E-state index < -0.39 is 0 Å². The molecule has 1 atom stereocenters. The van der Waals surface area contributed by atoms with Gasteiger partial charge in [0, 0.05) is 43.2 Å². The number of piperazine rings is 1. The Morgan fingerprint density at radius 2 is 2.26 bits per heavy atom. The second-order valence-corrected chi connectivity index (χ2v) is 6.37. The Morgan fingerprint density at radius 3 is 2.93 bits per heavy atom. The average Bonchev–Trinajstić information content (AvgIpc) is 2.73. The van der Waals surface area contributed by atoms with E-state index in [0.29, 0.717) is 36.6 Å². The minimum Gasteiger partial charge on any atom is -0.493 e. The summed E-state index contributed by atoms with van der Waals surface area (Å²) in [4.78, 5) is 19.5. The third-order valence-corrected chi connectivity index (χ3v) is 4.74. The fourth-order valence-electron chi connectivity index (χ4n) is 3.46. The third-order valence-electron chi connectivity index (χ3n) is 4.74. The lowest BCUT2D eigenvalue weighted by Gasteiger charge is -2.36. The lowest BCUT2D eigenvalue weighted by Crippen LogP contribution is -2.48. The molecule has 27 heavy (non-hydrogen) atoms. The van der Waals surface area contributed by atoms with Crippen molar-refractivity contribution in [2.24, 2.45) is 0 Å². The second kappa shape index (κ2) is 8.68. The predicted octanol–water partition coefficient (Wildman–Crippen LogP) is 2.61. The zero-order chi connectivity index (χ0) is 19.2. The van der Waals surface area contributed by atoms with Crippen molar-refractivity contribution in [3.63, 3.8) is 0 Å². The van der Waals surface area contributed by atoms with Crippen LogP contribution in [-0.4, -0.2) is 49.6 Å². The Hall–Kier alpha value is -2.86. The number of methoxy groups -OCH3 is 2. The molecule has 6 nitrogen and oxygen atoms in total. The van der Waals surface area contributed by atoms with Gasteiger partial charge in [-0.25, -0.2) is 0 Å². The molecule has 1 unspecified atom stereocenters. The summed E-state index contributed by atoms with van der Waals surface area (Å²) in [7, 11) is 3.17. The first kappa shape index (κ1) is 18.9. The molecule has 1 aliphatic rings. The molecule has 1 aromatic heterocycles. The van der Waals surface area contributed by atoms with Gasteiger partial charge in [0.2, 0.25) is 0 Å². The van der Waals surface area contributed by atoms with E-state index in [1.807, 2.05) is 29.3 Å². The molecule has 0 radical (unpaired) electrons. The van der Waals surface area contributed by atoms with Gasteiger partial charge in [0.1, 0.15) is 0 Å². The molecule has 1 fully saturated rings. The van der Waals surface area contributed by atoms with Crippen LogP contribution in [0.25, 0.3) is 0 Å². The van der Waals surface area contributed by atoms with Crippen molar-refractivity contribution in [2.75, 3.05) is 33.9 Å². The van der Waals surface area contributed by atoms with Gasteiger partial charge < -0.3 is 19.7 Å². The number of pyridine rings is 1. The number of aromatic nitrogens is 1. The molecule has 3 rings (SSSR count). The quantitative estimate of drug-likeness (QED) is 0.795. The third kappa shape index (κ3) is 3.95. The number of carbonyl (C=O) groups excluding carboxylic acids is 1. The van der Waals surface area contributed by atoms with E-state index in [-0.39, 0.29) is 11.9 Å². The number of amides is 1. The van der Waals surface area contributed by atoms with Gasteiger partial charge in [0.25, 0.3) is 5.91 Å². The van der Waals surface area contributed by atoms with Crippen LogP contribution in [0.5, 0.6) is 11.5 Å². The first-order chi connectivity index (χ1) is 13.2. The Balaban J connectivity index is 1.98. The Labute approximate surface area is 159 Å². The van der Waals surface area contributed by atoms with Gasteiger partial charge in [0.15, 0.2) is 11.5 Å². The molecular formula is C21H25N3O3. The largest absolute Gasteiger partial charge is 0.493 e. The molecule has 142 valence electrons. The van der Waals surface area contributed by atoms with Crippen LogP contribution in [0.15, 0.2) is 49.3 Å². The average molecular weight is 367 g/mol. The van der Waals surface area contributed by atoms with Crippen molar-refractivity contribution in [2.45, 2.75) is 12.5 Å². The number of nitrogens with zero attached hydrogens (tertiary/aromatic N) is 2. The van der Waals surface area contributed by atoms with Crippen molar-refractivity contribution < 1.29 is 14.3 Å². The maximum atomic E-state index is 13.4. The van der Waals surface area contributed by atoms with Crippen molar-refractivity contribution >= 4 is 5.91 Å². The number of hydrogen-bond donors (Lipinski definition) is 1.